The van der Waals surface area contributed by atoms with E-state index in [4.69, 9.17) is 5.73 Å². The molecule has 0 aromatic heterocycles. The second kappa shape index (κ2) is 7.86. The van der Waals surface area contributed by atoms with E-state index in [-0.39, 0.29) is 12.0 Å². The number of nitrogens with two attached hydrogens (primary N) is 1. The van der Waals surface area contributed by atoms with Gasteiger partial charge in [0.15, 0.2) is 0 Å². The predicted octanol–water partition coefficient (Wildman–Crippen LogP) is 0.609. The third-order valence-electron chi connectivity index (χ3n) is 3.21. The molecule has 0 aromatic rings. The van der Waals surface area contributed by atoms with E-state index in [9.17, 15) is 14.9 Å². The average molecular weight is 259 g/mol. The Morgan fingerprint density at radius 1 is 1.39 bits per heavy atom. The van der Waals surface area contributed by atoms with Crippen LogP contribution in [0.5, 0.6) is 0 Å². The molecule has 18 heavy (non-hydrogen) atoms. The minimum atomic E-state index is -0.732. The van der Waals surface area contributed by atoms with E-state index < -0.39 is 5.09 Å². The molecule has 0 heterocycles. The first-order valence-electron chi connectivity index (χ1n) is 6.39. The van der Waals surface area contributed by atoms with Gasteiger partial charge in [0.2, 0.25) is 5.91 Å². The highest BCUT2D eigenvalue weighted by molar-refractivity contribution is 5.76. The Balaban J connectivity index is 2.14. The lowest BCUT2D eigenvalue weighted by molar-refractivity contribution is -0.769. The van der Waals surface area contributed by atoms with E-state index in [0.29, 0.717) is 38.3 Å². The number of amides is 1. The highest BCUT2D eigenvalue weighted by atomic mass is 17.0. The van der Waals surface area contributed by atoms with E-state index in [0.717, 1.165) is 19.3 Å². The van der Waals surface area contributed by atoms with Crippen LogP contribution in [-0.4, -0.2) is 30.2 Å². The largest absolute Gasteiger partial charge is 0.356 e. The summed E-state index contributed by atoms with van der Waals surface area (Å²) < 4.78 is 0. The normalized spacial score (nSPS) is 23.4. The molecule has 7 nitrogen and oxygen atoms in total. The van der Waals surface area contributed by atoms with Crippen molar-refractivity contribution in [3.05, 3.63) is 10.1 Å². The molecular weight excluding hydrogens is 238 g/mol. The molecule has 1 aliphatic carbocycles. The highest BCUT2D eigenvalue weighted by Crippen LogP contribution is 2.28. The fraction of sp³-hybridized carbons (Fsp3) is 0.909. The zero-order valence-corrected chi connectivity index (χ0v) is 10.5. The number of nitrogens with one attached hydrogen (secondary N) is 1. The molecule has 1 fully saturated rings. The number of carbonyl (C=O) groups is 1. The molecule has 0 saturated heterocycles. The Morgan fingerprint density at radius 3 is 2.61 bits per heavy atom. The van der Waals surface area contributed by atoms with Gasteiger partial charge < -0.3 is 15.9 Å². The van der Waals surface area contributed by atoms with Gasteiger partial charge in [-0.2, -0.15) is 0 Å². The summed E-state index contributed by atoms with van der Waals surface area (Å²) in [7, 11) is 0. The molecule has 0 atom stereocenters. The van der Waals surface area contributed by atoms with Crippen LogP contribution < -0.4 is 11.1 Å². The van der Waals surface area contributed by atoms with Crippen LogP contribution in [0.25, 0.3) is 0 Å². The van der Waals surface area contributed by atoms with Gasteiger partial charge >= 0.3 is 0 Å². The summed E-state index contributed by atoms with van der Waals surface area (Å²) in [6.45, 7) is 1.19. The lowest BCUT2D eigenvalue weighted by Crippen LogP contribution is -2.30. The van der Waals surface area contributed by atoms with Crippen molar-refractivity contribution >= 4 is 5.91 Å². The Bertz CT molecular complexity index is 277. The van der Waals surface area contributed by atoms with Gasteiger partial charge in [-0.05, 0) is 44.6 Å². The molecule has 0 aromatic carbocycles. The standard InChI is InChI=1S/C11H21N3O4/c12-6-1-7-13-11(15)8-9-2-4-10(5-3-9)18-14(16)17/h9-10H,1-8,12H2,(H,13,15). The molecule has 0 spiro atoms. The summed E-state index contributed by atoms with van der Waals surface area (Å²) in [6, 6.07) is 0. The van der Waals surface area contributed by atoms with Crippen molar-refractivity contribution in [1.29, 1.82) is 0 Å². The van der Waals surface area contributed by atoms with Crippen LogP contribution in [0, 0.1) is 16.0 Å². The van der Waals surface area contributed by atoms with E-state index in [2.05, 4.69) is 10.2 Å². The molecule has 0 radical (unpaired) electrons. The molecule has 1 saturated carbocycles. The van der Waals surface area contributed by atoms with Gasteiger partial charge in [-0.25, -0.2) is 0 Å². The highest BCUT2D eigenvalue weighted by Gasteiger charge is 2.24. The Labute approximate surface area is 106 Å². The van der Waals surface area contributed by atoms with Crippen LogP contribution in [0.3, 0.4) is 0 Å². The quantitative estimate of drug-likeness (QED) is 0.395. The van der Waals surface area contributed by atoms with Gasteiger partial charge in [0.1, 0.15) is 6.10 Å². The van der Waals surface area contributed by atoms with Crippen LogP contribution in [-0.2, 0) is 9.63 Å². The Hall–Kier alpha value is -1.37. The lowest BCUT2D eigenvalue weighted by Gasteiger charge is -2.26. The summed E-state index contributed by atoms with van der Waals surface area (Å²) in [6.07, 6.45) is 3.91. The maximum atomic E-state index is 11.6. The summed E-state index contributed by atoms with van der Waals surface area (Å²) >= 11 is 0. The molecule has 0 unspecified atom stereocenters. The zero-order valence-electron chi connectivity index (χ0n) is 10.5. The molecule has 7 heteroatoms. The number of hydrogen-bond acceptors (Lipinski definition) is 5. The Morgan fingerprint density at radius 2 is 2.06 bits per heavy atom. The smallest absolute Gasteiger partial charge is 0.294 e. The van der Waals surface area contributed by atoms with E-state index in [1.165, 1.54) is 0 Å². The number of nitrogens with zero attached hydrogens (tertiary/aromatic N) is 1. The maximum absolute atomic E-state index is 11.6. The van der Waals surface area contributed by atoms with E-state index in [1.54, 1.807) is 0 Å². The monoisotopic (exact) mass is 259 g/mol. The molecular formula is C11H21N3O4. The van der Waals surface area contributed by atoms with Gasteiger partial charge in [0.05, 0.1) is 0 Å². The summed E-state index contributed by atoms with van der Waals surface area (Å²) in [4.78, 5) is 26.3. The first kappa shape index (κ1) is 14.7. The second-order valence-electron chi connectivity index (χ2n) is 4.67. The van der Waals surface area contributed by atoms with Gasteiger partial charge in [-0.1, -0.05) is 0 Å². The van der Waals surface area contributed by atoms with E-state index >= 15 is 0 Å². The average Bonchev–Trinajstić information content (AvgIpc) is 2.31. The van der Waals surface area contributed by atoms with Crippen molar-refractivity contribution in [3.63, 3.8) is 0 Å². The van der Waals surface area contributed by atoms with Crippen molar-refractivity contribution in [2.24, 2.45) is 11.7 Å². The van der Waals surface area contributed by atoms with Crippen LogP contribution in [0.2, 0.25) is 0 Å². The van der Waals surface area contributed by atoms with Crippen LogP contribution in [0.1, 0.15) is 38.5 Å². The topological polar surface area (TPSA) is 107 Å². The van der Waals surface area contributed by atoms with Gasteiger partial charge in [0, 0.05) is 13.0 Å². The molecule has 0 bridgehead atoms. The summed E-state index contributed by atoms with van der Waals surface area (Å²) in [5.74, 6) is 0.358. The summed E-state index contributed by atoms with van der Waals surface area (Å²) in [5.41, 5.74) is 5.33. The number of rotatable bonds is 7. The first-order chi connectivity index (χ1) is 8.61. The zero-order chi connectivity index (χ0) is 13.4. The van der Waals surface area contributed by atoms with Crippen LogP contribution in [0.4, 0.5) is 0 Å². The van der Waals surface area contributed by atoms with Gasteiger partial charge in [0.25, 0.3) is 5.09 Å². The first-order valence-corrected chi connectivity index (χ1v) is 6.39. The van der Waals surface area contributed by atoms with Gasteiger partial charge in [-0.15, -0.1) is 10.1 Å². The van der Waals surface area contributed by atoms with Crippen molar-refractivity contribution in [1.82, 2.24) is 5.32 Å². The Kier molecular flexibility index (Phi) is 6.42. The minimum Gasteiger partial charge on any atom is -0.356 e. The lowest BCUT2D eigenvalue weighted by atomic mass is 9.85. The third-order valence-corrected chi connectivity index (χ3v) is 3.21. The van der Waals surface area contributed by atoms with Crippen LogP contribution >= 0.6 is 0 Å². The molecule has 3 N–H and O–H groups in total. The van der Waals surface area contributed by atoms with Crippen molar-refractivity contribution < 1.29 is 14.7 Å². The number of carbonyl (C=O) groups excluding carboxylic acids is 1. The molecule has 104 valence electrons. The summed E-state index contributed by atoms with van der Waals surface area (Å²) in [5, 5.41) is 12.3. The molecule has 1 aliphatic rings. The fourth-order valence-corrected chi connectivity index (χ4v) is 2.23. The predicted molar refractivity (Wildman–Crippen MR) is 65.1 cm³/mol. The second-order valence-corrected chi connectivity index (χ2v) is 4.67. The molecule has 0 aliphatic heterocycles. The van der Waals surface area contributed by atoms with Crippen molar-refractivity contribution in [2.75, 3.05) is 13.1 Å². The molecule has 1 rings (SSSR count). The van der Waals surface area contributed by atoms with Crippen molar-refractivity contribution in [2.45, 2.75) is 44.6 Å². The maximum Gasteiger partial charge on any atom is 0.294 e. The third kappa shape index (κ3) is 5.81. The molecule has 1 amide bonds. The SMILES string of the molecule is NCCCNC(=O)CC1CCC(O[N+](=O)[O-])CC1. The van der Waals surface area contributed by atoms with Crippen molar-refractivity contribution in [3.8, 4) is 0 Å². The van der Waals surface area contributed by atoms with E-state index in [1.807, 2.05) is 0 Å². The number of hydrogen-bond donors (Lipinski definition) is 2. The minimum absolute atomic E-state index is 0.0436. The van der Waals surface area contributed by atoms with Crippen LogP contribution in [0.15, 0.2) is 0 Å². The fourth-order valence-electron chi connectivity index (χ4n) is 2.23. The van der Waals surface area contributed by atoms with Gasteiger partial charge in [-0.3, -0.25) is 4.79 Å².